The number of aromatic amines is 1. The Morgan fingerprint density at radius 1 is 1.22 bits per heavy atom. The number of carbonyl (C=O) groups is 1. The van der Waals surface area contributed by atoms with E-state index in [1.807, 2.05) is 30.3 Å². The van der Waals surface area contributed by atoms with E-state index in [2.05, 4.69) is 20.5 Å². The molecule has 2 N–H and O–H groups in total. The largest absolute Gasteiger partial charge is 0.488 e. The molecule has 0 fully saturated rings. The van der Waals surface area contributed by atoms with Crippen LogP contribution in [0.5, 0.6) is 5.75 Å². The third-order valence-electron chi connectivity index (χ3n) is 3.07. The van der Waals surface area contributed by atoms with Crippen molar-refractivity contribution < 1.29 is 9.53 Å². The zero-order valence-electron chi connectivity index (χ0n) is 12.0. The van der Waals surface area contributed by atoms with Crippen molar-refractivity contribution in [2.24, 2.45) is 0 Å². The summed E-state index contributed by atoms with van der Waals surface area (Å²) in [4.78, 5) is 16.2. The standard InChI is InChI=1S/C16H13ClN4O2/c17-12-6-7-14(23-9-11-4-2-1-3-5-11)13(8-12)15(22)20-16-18-10-19-21-16/h1-8,10H,9H2,(H2,18,19,20,21,22). The Morgan fingerprint density at radius 3 is 2.78 bits per heavy atom. The van der Waals surface area contributed by atoms with Gasteiger partial charge in [-0.1, -0.05) is 41.9 Å². The van der Waals surface area contributed by atoms with Crippen LogP contribution in [-0.2, 0) is 6.61 Å². The number of rotatable bonds is 5. The van der Waals surface area contributed by atoms with E-state index < -0.39 is 0 Å². The lowest BCUT2D eigenvalue weighted by Crippen LogP contribution is -2.14. The summed E-state index contributed by atoms with van der Waals surface area (Å²) in [6, 6.07) is 14.6. The van der Waals surface area contributed by atoms with Gasteiger partial charge in [-0.15, -0.1) is 0 Å². The topological polar surface area (TPSA) is 79.9 Å². The zero-order valence-corrected chi connectivity index (χ0v) is 12.7. The maximum absolute atomic E-state index is 12.4. The van der Waals surface area contributed by atoms with E-state index in [0.29, 0.717) is 22.9 Å². The lowest BCUT2D eigenvalue weighted by atomic mass is 10.2. The average Bonchev–Trinajstić information content (AvgIpc) is 3.07. The number of aromatic nitrogens is 3. The van der Waals surface area contributed by atoms with E-state index in [-0.39, 0.29) is 11.9 Å². The van der Waals surface area contributed by atoms with Crippen LogP contribution in [0.2, 0.25) is 5.02 Å². The van der Waals surface area contributed by atoms with Gasteiger partial charge in [0.25, 0.3) is 5.91 Å². The minimum atomic E-state index is -0.382. The van der Waals surface area contributed by atoms with Crippen molar-refractivity contribution >= 4 is 23.5 Å². The predicted octanol–water partition coefficient (Wildman–Crippen LogP) is 3.29. The van der Waals surface area contributed by atoms with Crippen LogP contribution in [0.4, 0.5) is 5.95 Å². The molecule has 0 aliphatic carbocycles. The molecule has 0 spiro atoms. The van der Waals surface area contributed by atoms with Crippen LogP contribution >= 0.6 is 11.6 Å². The van der Waals surface area contributed by atoms with Crippen molar-refractivity contribution in [2.45, 2.75) is 6.61 Å². The molecule has 23 heavy (non-hydrogen) atoms. The Kier molecular flexibility index (Phi) is 4.54. The van der Waals surface area contributed by atoms with Gasteiger partial charge in [-0.05, 0) is 23.8 Å². The maximum Gasteiger partial charge on any atom is 0.261 e. The van der Waals surface area contributed by atoms with Gasteiger partial charge in [-0.2, -0.15) is 10.1 Å². The second-order valence-corrected chi connectivity index (χ2v) is 5.14. The smallest absolute Gasteiger partial charge is 0.261 e. The fourth-order valence-corrected chi connectivity index (χ4v) is 2.15. The Morgan fingerprint density at radius 2 is 2.04 bits per heavy atom. The van der Waals surface area contributed by atoms with Crippen LogP contribution < -0.4 is 10.1 Å². The normalized spacial score (nSPS) is 10.3. The molecule has 0 unspecified atom stereocenters. The van der Waals surface area contributed by atoms with Gasteiger partial charge in [0.15, 0.2) is 0 Å². The van der Waals surface area contributed by atoms with Crippen molar-refractivity contribution in [1.82, 2.24) is 15.2 Å². The quantitative estimate of drug-likeness (QED) is 0.753. The number of nitrogens with zero attached hydrogens (tertiary/aromatic N) is 2. The lowest BCUT2D eigenvalue weighted by molar-refractivity contribution is 0.102. The Labute approximate surface area is 137 Å². The maximum atomic E-state index is 12.4. The molecule has 6 nitrogen and oxygen atoms in total. The summed E-state index contributed by atoms with van der Waals surface area (Å²) >= 11 is 5.99. The van der Waals surface area contributed by atoms with Crippen molar-refractivity contribution in [1.29, 1.82) is 0 Å². The molecule has 2 aromatic carbocycles. The van der Waals surface area contributed by atoms with Gasteiger partial charge in [-0.3, -0.25) is 10.1 Å². The number of amides is 1. The SMILES string of the molecule is O=C(Nc1ncn[nH]1)c1cc(Cl)ccc1OCc1ccccc1. The number of hydrogen-bond donors (Lipinski definition) is 2. The number of nitrogens with one attached hydrogen (secondary N) is 2. The van der Waals surface area contributed by atoms with Gasteiger partial charge >= 0.3 is 0 Å². The Hall–Kier alpha value is -2.86. The first kappa shape index (κ1) is 15.1. The molecule has 7 heteroatoms. The van der Waals surface area contributed by atoms with E-state index in [1.54, 1.807) is 18.2 Å². The minimum Gasteiger partial charge on any atom is -0.488 e. The molecule has 116 valence electrons. The first-order valence-electron chi connectivity index (χ1n) is 6.85. The van der Waals surface area contributed by atoms with Crippen LogP contribution in [0, 0.1) is 0 Å². The predicted molar refractivity (Wildman–Crippen MR) is 86.6 cm³/mol. The van der Waals surface area contributed by atoms with E-state index in [0.717, 1.165) is 5.56 Å². The molecule has 0 aliphatic heterocycles. The number of ether oxygens (including phenoxy) is 1. The summed E-state index contributed by atoms with van der Waals surface area (Å²) in [6.45, 7) is 0.352. The Balaban J connectivity index is 1.78. The van der Waals surface area contributed by atoms with E-state index in [1.165, 1.54) is 6.33 Å². The molecule has 3 rings (SSSR count). The first-order valence-corrected chi connectivity index (χ1v) is 7.23. The number of carbonyl (C=O) groups excluding carboxylic acids is 1. The van der Waals surface area contributed by atoms with Crippen LogP contribution in [0.1, 0.15) is 15.9 Å². The van der Waals surface area contributed by atoms with Gasteiger partial charge in [-0.25, -0.2) is 5.10 Å². The van der Waals surface area contributed by atoms with Gasteiger partial charge in [0, 0.05) is 5.02 Å². The average molecular weight is 329 g/mol. The highest BCUT2D eigenvalue weighted by atomic mass is 35.5. The highest BCUT2D eigenvalue weighted by molar-refractivity contribution is 6.31. The molecule has 0 saturated heterocycles. The number of anilines is 1. The number of hydrogen-bond acceptors (Lipinski definition) is 4. The second kappa shape index (κ2) is 6.93. The molecule has 3 aromatic rings. The molecular formula is C16H13ClN4O2. The summed E-state index contributed by atoms with van der Waals surface area (Å²) in [5.74, 6) is 0.312. The van der Waals surface area contributed by atoms with Crippen molar-refractivity contribution in [3.63, 3.8) is 0 Å². The third kappa shape index (κ3) is 3.87. The number of halogens is 1. The Bertz CT molecular complexity index is 791. The molecule has 0 radical (unpaired) electrons. The van der Waals surface area contributed by atoms with Crippen LogP contribution in [0.25, 0.3) is 0 Å². The van der Waals surface area contributed by atoms with Crippen molar-refractivity contribution in [3.05, 3.63) is 71.0 Å². The fourth-order valence-electron chi connectivity index (χ4n) is 1.98. The van der Waals surface area contributed by atoms with Gasteiger partial charge in [0.1, 0.15) is 18.7 Å². The molecule has 1 heterocycles. The van der Waals surface area contributed by atoms with Crippen molar-refractivity contribution in [3.8, 4) is 5.75 Å². The van der Waals surface area contributed by atoms with Crippen LogP contribution in [0.3, 0.4) is 0 Å². The molecule has 1 amide bonds. The molecule has 0 saturated carbocycles. The summed E-state index contributed by atoms with van der Waals surface area (Å²) in [5, 5.41) is 9.28. The van der Waals surface area contributed by atoms with Gasteiger partial charge in [0.2, 0.25) is 5.95 Å². The van der Waals surface area contributed by atoms with E-state index >= 15 is 0 Å². The van der Waals surface area contributed by atoms with Crippen molar-refractivity contribution in [2.75, 3.05) is 5.32 Å². The summed E-state index contributed by atoms with van der Waals surface area (Å²) < 4.78 is 5.75. The molecule has 0 atom stereocenters. The third-order valence-corrected chi connectivity index (χ3v) is 3.31. The fraction of sp³-hybridized carbons (Fsp3) is 0.0625. The van der Waals surface area contributed by atoms with Gasteiger partial charge < -0.3 is 4.74 Å². The van der Waals surface area contributed by atoms with Crippen LogP contribution in [0.15, 0.2) is 54.9 Å². The van der Waals surface area contributed by atoms with E-state index in [4.69, 9.17) is 16.3 Å². The number of benzene rings is 2. The van der Waals surface area contributed by atoms with Gasteiger partial charge in [0.05, 0.1) is 5.56 Å². The highest BCUT2D eigenvalue weighted by Gasteiger charge is 2.15. The minimum absolute atomic E-state index is 0.254. The molecule has 0 aliphatic rings. The monoisotopic (exact) mass is 328 g/mol. The first-order chi connectivity index (χ1) is 11.2. The summed E-state index contributed by atoms with van der Waals surface area (Å²) in [5.41, 5.74) is 1.33. The van der Waals surface area contributed by atoms with Crippen LogP contribution in [-0.4, -0.2) is 21.1 Å². The summed E-state index contributed by atoms with van der Waals surface area (Å²) in [6.07, 6.45) is 1.31. The summed E-state index contributed by atoms with van der Waals surface area (Å²) in [7, 11) is 0. The number of H-pyrrole nitrogens is 1. The lowest BCUT2D eigenvalue weighted by Gasteiger charge is -2.11. The second-order valence-electron chi connectivity index (χ2n) is 4.70. The zero-order chi connectivity index (χ0) is 16.1. The molecule has 0 bridgehead atoms. The molecule has 1 aromatic heterocycles. The highest BCUT2D eigenvalue weighted by Crippen LogP contribution is 2.24. The van der Waals surface area contributed by atoms with E-state index in [9.17, 15) is 4.79 Å². The molecular weight excluding hydrogens is 316 g/mol.